The first-order valence-corrected chi connectivity index (χ1v) is 7.49. The van der Waals surface area contributed by atoms with Gasteiger partial charge in [-0.1, -0.05) is 17.7 Å². The number of nitrogens with two attached hydrogens (primary N) is 1. The molecule has 1 amide bonds. The second-order valence-corrected chi connectivity index (χ2v) is 6.36. The summed E-state index contributed by atoms with van der Waals surface area (Å²) in [6.07, 6.45) is 0. The first kappa shape index (κ1) is 15.4. The van der Waals surface area contributed by atoms with Crippen molar-refractivity contribution in [2.24, 2.45) is 0 Å². The highest BCUT2D eigenvalue weighted by atomic mass is 32.1. The van der Waals surface area contributed by atoms with Gasteiger partial charge in [0.1, 0.15) is 5.75 Å². The standard InChI is InChI=1S/C16H20N2O2S/c1-10-5-6-14(20-4)12(7-10)9-18(3)16(19)15-8-13(17)11(2)21-15/h5-8H,9,17H2,1-4H3. The number of thiophene rings is 1. The Hall–Kier alpha value is -2.01. The Kier molecular flexibility index (Phi) is 4.53. The van der Waals surface area contributed by atoms with E-state index in [2.05, 4.69) is 0 Å². The lowest BCUT2D eigenvalue weighted by Crippen LogP contribution is -2.25. The van der Waals surface area contributed by atoms with Crippen molar-refractivity contribution < 1.29 is 9.53 Å². The molecule has 0 aliphatic heterocycles. The lowest BCUT2D eigenvalue weighted by molar-refractivity contribution is 0.0789. The highest BCUT2D eigenvalue weighted by molar-refractivity contribution is 7.14. The summed E-state index contributed by atoms with van der Waals surface area (Å²) in [6, 6.07) is 7.70. The summed E-state index contributed by atoms with van der Waals surface area (Å²) < 4.78 is 5.35. The number of anilines is 1. The van der Waals surface area contributed by atoms with E-state index in [1.165, 1.54) is 11.3 Å². The molecule has 21 heavy (non-hydrogen) atoms. The van der Waals surface area contributed by atoms with Gasteiger partial charge >= 0.3 is 0 Å². The fraction of sp³-hybridized carbons (Fsp3) is 0.312. The number of ether oxygens (including phenoxy) is 1. The van der Waals surface area contributed by atoms with Crippen LogP contribution < -0.4 is 10.5 Å². The monoisotopic (exact) mass is 304 g/mol. The number of rotatable bonds is 4. The zero-order chi connectivity index (χ0) is 15.6. The van der Waals surface area contributed by atoms with Crippen LogP contribution in [0.3, 0.4) is 0 Å². The van der Waals surface area contributed by atoms with Gasteiger partial charge in [0.05, 0.1) is 12.0 Å². The lowest BCUT2D eigenvalue weighted by atomic mass is 10.1. The van der Waals surface area contributed by atoms with Gasteiger partial charge in [-0.3, -0.25) is 4.79 Å². The van der Waals surface area contributed by atoms with Crippen LogP contribution in [0.2, 0.25) is 0 Å². The van der Waals surface area contributed by atoms with Crippen LogP contribution in [-0.2, 0) is 6.54 Å². The number of hydrogen-bond donors (Lipinski definition) is 1. The van der Waals surface area contributed by atoms with Crippen molar-refractivity contribution in [2.45, 2.75) is 20.4 Å². The fourth-order valence-corrected chi connectivity index (χ4v) is 3.08. The highest BCUT2D eigenvalue weighted by Gasteiger charge is 2.17. The van der Waals surface area contributed by atoms with Gasteiger partial charge in [0.15, 0.2) is 0 Å². The van der Waals surface area contributed by atoms with Crippen LogP contribution in [0.25, 0.3) is 0 Å². The van der Waals surface area contributed by atoms with Crippen LogP contribution in [0.5, 0.6) is 5.75 Å². The van der Waals surface area contributed by atoms with Crippen LogP contribution >= 0.6 is 11.3 Å². The van der Waals surface area contributed by atoms with Crippen molar-refractivity contribution in [1.29, 1.82) is 0 Å². The van der Waals surface area contributed by atoms with Crippen LogP contribution in [0.15, 0.2) is 24.3 Å². The van der Waals surface area contributed by atoms with E-state index in [1.807, 2.05) is 32.0 Å². The molecule has 1 aromatic heterocycles. The SMILES string of the molecule is COc1ccc(C)cc1CN(C)C(=O)c1cc(N)c(C)s1. The van der Waals surface area contributed by atoms with Crippen molar-refractivity contribution in [3.63, 3.8) is 0 Å². The van der Waals surface area contributed by atoms with Gasteiger partial charge in [0, 0.05) is 29.7 Å². The number of aryl methyl sites for hydroxylation is 2. The van der Waals surface area contributed by atoms with Gasteiger partial charge < -0.3 is 15.4 Å². The van der Waals surface area contributed by atoms with E-state index < -0.39 is 0 Å². The van der Waals surface area contributed by atoms with Gasteiger partial charge in [0.2, 0.25) is 0 Å². The average molecular weight is 304 g/mol. The van der Waals surface area contributed by atoms with E-state index in [4.69, 9.17) is 10.5 Å². The summed E-state index contributed by atoms with van der Waals surface area (Å²) in [4.78, 5) is 15.8. The Labute approximate surface area is 129 Å². The van der Waals surface area contributed by atoms with Crippen molar-refractivity contribution >= 4 is 22.9 Å². The van der Waals surface area contributed by atoms with E-state index in [1.54, 1.807) is 25.1 Å². The molecule has 0 aliphatic rings. The van der Waals surface area contributed by atoms with Gasteiger partial charge in [-0.2, -0.15) is 0 Å². The van der Waals surface area contributed by atoms with Crippen molar-refractivity contribution in [2.75, 3.05) is 19.9 Å². The molecule has 112 valence electrons. The molecule has 0 aliphatic carbocycles. The number of carbonyl (C=O) groups excluding carboxylic acids is 1. The summed E-state index contributed by atoms with van der Waals surface area (Å²) in [6.45, 7) is 4.44. The van der Waals surface area contributed by atoms with Gasteiger partial charge in [0.25, 0.3) is 5.91 Å². The minimum absolute atomic E-state index is 0.0247. The molecule has 2 rings (SSSR count). The molecule has 0 spiro atoms. The number of nitrogen functional groups attached to an aromatic ring is 1. The summed E-state index contributed by atoms with van der Waals surface area (Å²) >= 11 is 1.43. The number of amides is 1. The smallest absolute Gasteiger partial charge is 0.264 e. The number of hydrogen-bond acceptors (Lipinski definition) is 4. The van der Waals surface area contributed by atoms with Crippen LogP contribution in [0.4, 0.5) is 5.69 Å². The predicted octanol–water partition coefficient (Wildman–Crippen LogP) is 3.23. The van der Waals surface area contributed by atoms with Crippen molar-refractivity contribution in [3.05, 3.63) is 45.1 Å². The molecule has 0 saturated carbocycles. The molecule has 0 atom stereocenters. The summed E-state index contributed by atoms with van der Waals surface area (Å²) in [5, 5.41) is 0. The quantitative estimate of drug-likeness (QED) is 0.943. The lowest BCUT2D eigenvalue weighted by Gasteiger charge is -2.18. The largest absolute Gasteiger partial charge is 0.496 e. The third-order valence-corrected chi connectivity index (χ3v) is 4.41. The molecular weight excluding hydrogens is 284 g/mol. The summed E-state index contributed by atoms with van der Waals surface area (Å²) in [7, 11) is 3.43. The molecule has 0 bridgehead atoms. The van der Waals surface area contributed by atoms with Gasteiger partial charge in [-0.25, -0.2) is 0 Å². The van der Waals surface area contributed by atoms with E-state index in [-0.39, 0.29) is 5.91 Å². The predicted molar refractivity (Wildman–Crippen MR) is 87.0 cm³/mol. The topological polar surface area (TPSA) is 55.6 Å². The van der Waals surface area contributed by atoms with Crippen LogP contribution in [0.1, 0.15) is 25.7 Å². The van der Waals surface area contributed by atoms with E-state index >= 15 is 0 Å². The molecule has 0 saturated heterocycles. The molecule has 1 heterocycles. The Morgan fingerprint density at radius 1 is 1.33 bits per heavy atom. The fourth-order valence-electron chi connectivity index (χ4n) is 2.15. The third kappa shape index (κ3) is 3.36. The Morgan fingerprint density at radius 3 is 2.62 bits per heavy atom. The van der Waals surface area contributed by atoms with Crippen molar-refractivity contribution in [1.82, 2.24) is 4.90 Å². The van der Waals surface area contributed by atoms with Gasteiger partial charge in [-0.05, 0) is 26.0 Å². The molecule has 4 nitrogen and oxygen atoms in total. The Morgan fingerprint density at radius 2 is 2.05 bits per heavy atom. The zero-order valence-corrected chi connectivity index (χ0v) is 13.6. The minimum Gasteiger partial charge on any atom is -0.496 e. The first-order valence-electron chi connectivity index (χ1n) is 6.67. The van der Waals surface area contributed by atoms with Crippen LogP contribution in [0, 0.1) is 13.8 Å². The van der Waals surface area contributed by atoms with Crippen LogP contribution in [-0.4, -0.2) is 25.0 Å². The Balaban J connectivity index is 2.19. The van der Waals surface area contributed by atoms with E-state index in [0.717, 1.165) is 21.8 Å². The molecule has 0 fully saturated rings. The zero-order valence-electron chi connectivity index (χ0n) is 12.8. The molecule has 2 N–H and O–H groups in total. The van der Waals surface area contributed by atoms with Gasteiger partial charge in [-0.15, -0.1) is 11.3 Å². The molecule has 0 unspecified atom stereocenters. The third-order valence-electron chi connectivity index (χ3n) is 3.36. The maximum atomic E-state index is 12.4. The minimum atomic E-state index is -0.0247. The first-order chi connectivity index (χ1) is 9.92. The van der Waals surface area contributed by atoms with E-state index in [9.17, 15) is 4.79 Å². The molecular formula is C16H20N2O2S. The highest BCUT2D eigenvalue weighted by Crippen LogP contribution is 2.26. The number of nitrogens with zero attached hydrogens (tertiary/aromatic N) is 1. The molecule has 0 radical (unpaired) electrons. The Bertz CT molecular complexity index is 645. The average Bonchev–Trinajstić information content (AvgIpc) is 2.78. The van der Waals surface area contributed by atoms with E-state index in [0.29, 0.717) is 17.1 Å². The molecule has 2 aromatic rings. The molecule has 1 aromatic carbocycles. The summed E-state index contributed by atoms with van der Waals surface area (Å²) in [5.74, 6) is 0.769. The molecule has 5 heteroatoms. The number of methoxy groups -OCH3 is 1. The maximum absolute atomic E-state index is 12.4. The maximum Gasteiger partial charge on any atom is 0.264 e. The number of benzene rings is 1. The normalized spacial score (nSPS) is 10.5. The number of carbonyl (C=O) groups is 1. The second kappa shape index (κ2) is 6.18. The van der Waals surface area contributed by atoms with Crippen molar-refractivity contribution in [3.8, 4) is 5.75 Å². The second-order valence-electron chi connectivity index (χ2n) is 5.10. The summed E-state index contributed by atoms with van der Waals surface area (Å²) in [5.41, 5.74) is 8.62.